The lowest BCUT2D eigenvalue weighted by atomic mass is 9.90. The number of amides is 1. The molecule has 27 heavy (non-hydrogen) atoms. The normalized spacial score (nSPS) is 14.8. The number of hydrogen-bond acceptors (Lipinski definition) is 5. The lowest BCUT2D eigenvalue weighted by Gasteiger charge is -2.28. The first-order valence-corrected chi connectivity index (χ1v) is 9.90. The van der Waals surface area contributed by atoms with Crippen molar-refractivity contribution in [3.05, 3.63) is 34.6 Å². The average Bonchev–Trinajstić information content (AvgIpc) is 2.61. The number of nitriles is 1. The van der Waals surface area contributed by atoms with Crippen LogP contribution < -0.4 is 10.9 Å². The van der Waals surface area contributed by atoms with Crippen LogP contribution >= 0.6 is 11.8 Å². The molecule has 0 aliphatic heterocycles. The van der Waals surface area contributed by atoms with Gasteiger partial charge in [0.05, 0.1) is 22.2 Å². The highest BCUT2D eigenvalue weighted by Gasteiger charge is 2.32. The van der Waals surface area contributed by atoms with Gasteiger partial charge < -0.3 is 5.32 Å². The Morgan fingerprint density at radius 2 is 1.89 bits per heavy atom. The van der Waals surface area contributed by atoms with Crippen LogP contribution in [0.2, 0.25) is 0 Å². The van der Waals surface area contributed by atoms with E-state index in [9.17, 15) is 14.9 Å². The number of carbonyl (C=O) groups excluding carboxylic acids is 1. The topological polar surface area (TPSA) is 87.8 Å². The van der Waals surface area contributed by atoms with Crippen molar-refractivity contribution >= 4 is 28.6 Å². The number of aromatic nitrogens is 2. The largest absolute Gasteiger partial charge is 0.337 e. The van der Waals surface area contributed by atoms with Gasteiger partial charge in [0.15, 0.2) is 5.16 Å². The molecule has 0 radical (unpaired) electrons. The SMILES string of the molecule is CC(C)n1c(S[C@H](C)C(=O)N[C@@](C)(C#N)C(C)C)nc2ccccc2c1=O. The smallest absolute Gasteiger partial charge is 0.262 e. The maximum absolute atomic E-state index is 12.9. The first-order chi connectivity index (χ1) is 12.6. The molecule has 144 valence electrons. The number of carbonyl (C=O) groups is 1. The number of hydrogen-bond donors (Lipinski definition) is 1. The number of rotatable bonds is 6. The third-order valence-corrected chi connectivity index (χ3v) is 5.78. The second kappa shape index (κ2) is 8.13. The Bertz CT molecular complexity index is 945. The molecule has 0 spiro atoms. The van der Waals surface area contributed by atoms with Gasteiger partial charge >= 0.3 is 0 Å². The Morgan fingerprint density at radius 3 is 2.44 bits per heavy atom. The Labute approximate surface area is 164 Å². The van der Waals surface area contributed by atoms with E-state index in [-0.39, 0.29) is 23.4 Å². The molecule has 0 aliphatic carbocycles. The fraction of sp³-hybridized carbons (Fsp3) is 0.500. The zero-order valence-corrected chi connectivity index (χ0v) is 17.4. The molecule has 6 nitrogen and oxygen atoms in total. The number of para-hydroxylation sites is 1. The summed E-state index contributed by atoms with van der Waals surface area (Å²) in [6.45, 7) is 11.1. The van der Waals surface area contributed by atoms with E-state index in [0.717, 1.165) is 0 Å². The summed E-state index contributed by atoms with van der Waals surface area (Å²) in [6.07, 6.45) is 0. The molecule has 0 aliphatic rings. The van der Waals surface area contributed by atoms with Crippen LogP contribution in [0, 0.1) is 17.2 Å². The molecule has 1 N–H and O–H groups in total. The van der Waals surface area contributed by atoms with Gasteiger partial charge in [0.2, 0.25) is 5.91 Å². The van der Waals surface area contributed by atoms with E-state index in [4.69, 9.17) is 0 Å². The Hall–Kier alpha value is -2.33. The van der Waals surface area contributed by atoms with E-state index in [1.165, 1.54) is 11.8 Å². The van der Waals surface area contributed by atoms with E-state index in [0.29, 0.717) is 16.1 Å². The predicted octanol–water partition coefficient (Wildman–Crippen LogP) is 3.51. The molecular weight excluding hydrogens is 360 g/mol. The van der Waals surface area contributed by atoms with Crippen LogP contribution in [-0.4, -0.2) is 26.2 Å². The van der Waals surface area contributed by atoms with Crippen molar-refractivity contribution in [2.45, 2.75) is 63.5 Å². The highest BCUT2D eigenvalue weighted by atomic mass is 32.2. The minimum atomic E-state index is -0.944. The van der Waals surface area contributed by atoms with E-state index < -0.39 is 10.8 Å². The van der Waals surface area contributed by atoms with Crippen LogP contribution in [0.25, 0.3) is 10.9 Å². The van der Waals surface area contributed by atoms with Crippen molar-refractivity contribution < 1.29 is 4.79 Å². The van der Waals surface area contributed by atoms with Crippen LogP contribution in [-0.2, 0) is 4.79 Å². The fourth-order valence-corrected chi connectivity index (χ4v) is 3.58. The maximum atomic E-state index is 12.9. The number of thioether (sulfide) groups is 1. The minimum Gasteiger partial charge on any atom is -0.337 e. The highest BCUT2D eigenvalue weighted by molar-refractivity contribution is 8.00. The number of fused-ring (bicyclic) bond motifs is 1. The monoisotopic (exact) mass is 386 g/mol. The third kappa shape index (κ3) is 4.33. The van der Waals surface area contributed by atoms with Crippen molar-refractivity contribution in [2.24, 2.45) is 5.92 Å². The van der Waals surface area contributed by atoms with Gasteiger partial charge in [-0.3, -0.25) is 14.2 Å². The molecule has 1 aromatic heterocycles. The molecule has 0 saturated heterocycles. The minimum absolute atomic E-state index is 0.0312. The first-order valence-electron chi connectivity index (χ1n) is 9.02. The molecule has 0 saturated carbocycles. The lowest BCUT2D eigenvalue weighted by molar-refractivity contribution is -0.121. The van der Waals surface area contributed by atoms with Crippen LogP contribution in [0.1, 0.15) is 47.6 Å². The van der Waals surface area contributed by atoms with Crippen molar-refractivity contribution in [3.63, 3.8) is 0 Å². The van der Waals surface area contributed by atoms with Gasteiger partial charge in [0.25, 0.3) is 5.56 Å². The van der Waals surface area contributed by atoms with Gasteiger partial charge in [-0.1, -0.05) is 37.7 Å². The van der Waals surface area contributed by atoms with Crippen molar-refractivity contribution in [1.82, 2.24) is 14.9 Å². The van der Waals surface area contributed by atoms with Crippen LogP contribution in [0.3, 0.4) is 0 Å². The molecular formula is C20H26N4O2S. The van der Waals surface area contributed by atoms with Crippen LogP contribution in [0.5, 0.6) is 0 Å². The van der Waals surface area contributed by atoms with Gasteiger partial charge in [-0.15, -0.1) is 0 Å². The molecule has 1 aromatic carbocycles. The van der Waals surface area contributed by atoms with Gasteiger partial charge in [-0.2, -0.15) is 5.26 Å². The summed E-state index contributed by atoms with van der Waals surface area (Å²) in [6, 6.07) is 9.29. The van der Waals surface area contributed by atoms with Crippen molar-refractivity contribution in [2.75, 3.05) is 0 Å². The number of nitrogens with zero attached hydrogens (tertiary/aromatic N) is 3. The van der Waals surface area contributed by atoms with Crippen molar-refractivity contribution in [3.8, 4) is 6.07 Å². The molecule has 1 heterocycles. The number of nitrogens with one attached hydrogen (secondary N) is 1. The Balaban J connectivity index is 2.37. The summed E-state index contributed by atoms with van der Waals surface area (Å²) < 4.78 is 1.61. The molecule has 0 unspecified atom stereocenters. The summed E-state index contributed by atoms with van der Waals surface area (Å²) in [7, 11) is 0. The van der Waals surface area contributed by atoms with Gasteiger partial charge in [0, 0.05) is 6.04 Å². The molecule has 0 bridgehead atoms. The summed E-state index contributed by atoms with van der Waals surface area (Å²) in [4.78, 5) is 30.1. The number of benzene rings is 1. The lowest BCUT2D eigenvalue weighted by Crippen LogP contribution is -2.51. The zero-order valence-electron chi connectivity index (χ0n) is 16.6. The van der Waals surface area contributed by atoms with Crippen molar-refractivity contribution in [1.29, 1.82) is 5.26 Å². The third-order valence-electron chi connectivity index (χ3n) is 4.71. The van der Waals surface area contributed by atoms with E-state index in [1.54, 1.807) is 30.5 Å². The van der Waals surface area contributed by atoms with Gasteiger partial charge in [-0.05, 0) is 45.7 Å². The summed E-state index contributed by atoms with van der Waals surface area (Å²) in [5.74, 6) is -0.285. The molecule has 7 heteroatoms. The van der Waals surface area contributed by atoms with Gasteiger partial charge in [-0.25, -0.2) is 4.98 Å². The maximum Gasteiger partial charge on any atom is 0.262 e. The van der Waals surface area contributed by atoms with E-state index in [1.807, 2.05) is 39.8 Å². The van der Waals surface area contributed by atoms with E-state index in [2.05, 4.69) is 16.4 Å². The zero-order chi connectivity index (χ0) is 20.4. The van der Waals surface area contributed by atoms with Gasteiger partial charge in [0.1, 0.15) is 5.54 Å². The second-order valence-corrected chi connectivity index (χ2v) is 8.71. The quantitative estimate of drug-likeness (QED) is 0.606. The molecule has 2 atom stereocenters. The average molecular weight is 387 g/mol. The highest BCUT2D eigenvalue weighted by Crippen LogP contribution is 2.26. The summed E-state index contributed by atoms with van der Waals surface area (Å²) in [5.41, 5.74) is -0.450. The molecule has 0 fully saturated rings. The Morgan fingerprint density at radius 1 is 1.26 bits per heavy atom. The van der Waals surface area contributed by atoms with E-state index >= 15 is 0 Å². The Kier molecular flexibility index (Phi) is 6.32. The summed E-state index contributed by atoms with van der Waals surface area (Å²) in [5, 5.41) is 12.8. The van der Waals surface area contributed by atoms with Crippen LogP contribution in [0.15, 0.2) is 34.2 Å². The fourth-order valence-electron chi connectivity index (χ4n) is 2.53. The molecule has 1 amide bonds. The second-order valence-electron chi connectivity index (χ2n) is 7.40. The molecule has 2 rings (SSSR count). The first kappa shape index (κ1) is 21.0. The standard InChI is InChI=1S/C20H26N4O2S/c1-12(2)20(6,11-21)23-17(25)14(5)27-19-22-16-10-8-7-9-15(16)18(26)24(19)13(3)4/h7-10,12-14H,1-6H3,(H,23,25)/t14-,20+/m1/s1. The molecule has 2 aromatic rings. The van der Waals surface area contributed by atoms with Crippen LogP contribution in [0.4, 0.5) is 0 Å². The predicted molar refractivity (Wildman–Crippen MR) is 109 cm³/mol. The summed E-state index contributed by atoms with van der Waals surface area (Å²) >= 11 is 1.23.